The fourth-order valence-corrected chi connectivity index (χ4v) is 4.86. The van der Waals surface area contributed by atoms with Gasteiger partial charge >= 0.3 is 5.69 Å². The summed E-state index contributed by atoms with van der Waals surface area (Å²) in [6.07, 6.45) is 3.93. The number of aromatic amines is 1. The minimum absolute atomic E-state index is 0.0852. The molecule has 0 radical (unpaired) electrons. The lowest BCUT2D eigenvalue weighted by Gasteiger charge is -2.53. The fourth-order valence-electron chi connectivity index (χ4n) is 4.86. The maximum Gasteiger partial charge on any atom is 0.343 e. The molecule has 4 rings (SSSR count). The molecule has 3 fully saturated rings. The van der Waals surface area contributed by atoms with Crippen molar-refractivity contribution in [3.63, 3.8) is 0 Å². The van der Waals surface area contributed by atoms with Crippen molar-refractivity contribution < 1.29 is 9.59 Å². The van der Waals surface area contributed by atoms with Crippen LogP contribution in [0, 0.1) is 11.8 Å². The van der Waals surface area contributed by atoms with E-state index in [4.69, 9.17) is 0 Å². The second-order valence-corrected chi connectivity index (χ2v) is 7.66. The molecule has 0 aliphatic carbocycles. The Bertz CT molecular complexity index is 756. The van der Waals surface area contributed by atoms with Crippen molar-refractivity contribution in [3.05, 3.63) is 16.3 Å². The van der Waals surface area contributed by atoms with Gasteiger partial charge < -0.3 is 15.5 Å². The van der Waals surface area contributed by atoms with Gasteiger partial charge in [-0.3, -0.25) is 14.2 Å². The molecule has 4 heterocycles. The van der Waals surface area contributed by atoms with E-state index < -0.39 is 0 Å². The monoisotopic (exact) mass is 362 g/mol. The number of carbonyl (C=O) groups excluding carboxylic acids is 2. The highest BCUT2D eigenvalue weighted by Crippen LogP contribution is 2.39. The van der Waals surface area contributed by atoms with E-state index in [1.165, 1.54) is 4.57 Å². The number of H-pyrrole nitrogens is 1. The second-order valence-electron chi connectivity index (χ2n) is 7.66. The van der Waals surface area contributed by atoms with Gasteiger partial charge in [0.1, 0.15) is 11.9 Å². The summed E-state index contributed by atoms with van der Waals surface area (Å²) < 4.78 is 1.44. The Labute approximate surface area is 151 Å². The van der Waals surface area contributed by atoms with E-state index in [9.17, 15) is 14.4 Å². The van der Waals surface area contributed by atoms with E-state index in [1.54, 1.807) is 7.05 Å². The lowest BCUT2D eigenvalue weighted by atomic mass is 9.72. The maximum absolute atomic E-state index is 12.9. The molecule has 142 valence electrons. The smallest absolute Gasteiger partial charge is 0.343 e. The van der Waals surface area contributed by atoms with E-state index in [1.807, 2.05) is 4.90 Å². The Balaban J connectivity index is 1.45. The van der Waals surface area contributed by atoms with Crippen molar-refractivity contribution >= 4 is 11.8 Å². The zero-order chi connectivity index (χ0) is 18.3. The Kier molecular flexibility index (Phi) is 4.56. The number of piperidine rings is 3. The second kappa shape index (κ2) is 6.86. The largest absolute Gasteiger partial charge is 0.354 e. The number of nitrogens with zero attached hydrogens (tertiary/aromatic N) is 3. The van der Waals surface area contributed by atoms with Crippen LogP contribution in [0.2, 0.25) is 0 Å². The van der Waals surface area contributed by atoms with Gasteiger partial charge in [-0.25, -0.2) is 9.89 Å². The predicted molar refractivity (Wildman–Crippen MR) is 93.3 cm³/mol. The molecular formula is C17H26N6O3. The summed E-state index contributed by atoms with van der Waals surface area (Å²) in [5.41, 5.74) is -0.264. The van der Waals surface area contributed by atoms with Crippen molar-refractivity contribution in [3.8, 4) is 0 Å². The normalized spacial score (nSPS) is 30.8. The quantitative estimate of drug-likeness (QED) is 0.620. The van der Waals surface area contributed by atoms with Crippen molar-refractivity contribution in [2.24, 2.45) is 18.9 Å². The molecule has 9 nitrogen and oxygen atoms in total. The highest BCUT2D eigenvalue weighted by atomic mass is 16.2. The number of aromatic nitrogens is 3. The van der Waals surface area contributed by atoms with Gasteiger partial charge in [0.15, 0.2) is 0 Å². The van der Waals surface area contributed by atoms with Gasteiger partial charge in [-0.1, -0.05) is 0 Å². The van der Waals surface area contributed by atoms with Crippen LogP contribution in [-0.2, 0) is 23.1 Å². The van der Waals surface area contributed by atoms with Gasteiger partial charge in [0, 0.05) is 44.9 Å². The molecule has 2 bridgehead atoms. The maximum atomic E-state index is 12.9. The van der Waals surface area contributed by atoms with Crippen LogP contribution in [-0.4, -0.2) is 63.2 Å². The lowest BCUT2D eigenvalue weighted by molar-refractivity contribution is -0.157. The van der Waals surface area contributed by atoms with Gasteiger partial charge in [0.25, 0.3) is 0 Å². The van der Waals surface area contributed by atoms with Crippen molar-refractivity contribution in [1.29, 1.82) is 0 Å². The third kappa shape index (κ3) is 2.94. The highest BCUT2D eigenvalue weighted by molar-refractivity contribution is 5.89. The summed E-state index contributed by atoms with van der Waals surface area (Å²) >= 11 is 0. The van der Waals surface area contributed by atoms with Crippen LogP contribution in [0.3, 0.4) is 0 Å². The minimum atomic E-state index is -0.389. The molecule has 0 saturated carbocycles. The molecule has 26 heavy (non-hydrogen) atoms. The summed E-state index contributed by atoms with van der Waals surface area (Å²) in [6, 6.07) is -0.205. The SMILES string of the molecule is Cn1c(CCNC(=O)[C@H]2[C@@H]3CNC[C@@H](C3)[C@@H]3CCCC(=O)N32)n[nH]c1=O. The van der Waals surface area contributed by atoms with Crippen LogP contribution in [0.25, 0.3) is 0 Å². The number of fused-ring (bicyclic) bond motifs is 4. The topological polar surface area (TPSA) is 112 Å². The Hall–Kier alpha value is -2.16. The van der Waals surface area contributed by atoms with Gasteiger partial charge in [-0.2, -0.15) is 5.10 Å². The van der Waals surface area contributed by atoms with Gasteiger partial charge in [-0.05, 0) is 31.7 Å². The van der Waals surface area contributed by atoms with E-state index in [-0.39, 0.29) is 35.5 Å². The number of amides is 2. The molecule has 1 aromatic rings. The van der Waals surface area contributed by atoms with Gasteiger partial charge in [0.2, 0.25) is 11.8 Å². The summed E-state index contributed by atoms with van der Waals surface area (Å²) in [4.78, 5) is 38.8. The summed E-state index contributed by atoms with van der Waals surface area (Å²) in [5, 5.41) is 12.8. The number of nitrogens with one attached hydrogen (secondary N) is 3. The molecule has 0 aromatic carbocycles. The van der Waals surface area contributed by atoms with Crippen LogP contribution in [0.5, 0.6) is 0 Å². The molecule has 3 saturated heterocycles. The third-order valence-corrected chi connectivity index (χ3v) is 6.13. The van der Waals surface area contributed by atoms with Crippen LogP contribution in [0.15, 0.2) is 4.79 Å². The van der Waals surface area contributed by atoms with Gasteiger partial charge in [0.05, 0.1) is 0 Å². The summed E-state index contributed by atoms with van der Waals surface area (Å²) in [5.74, 6) is 1.26. The molecule has 0 unspecified atom stereocenters. The Morgan fingerprint density at radius 2 is 2.12 bits per heavy atom. The predicted octanol–water partition coefficient (Wildman–Crippen LogP) is -1.24. The average Bonchev–Trinajstić information content (AvgIpc) is 2.95. The molecule has 4 atom stereocenters. The zero-order valence-corrected chi connectivity index (χ0v) is 15.0. The average molecular weight is 362 g/mol. The molecule has 2 amide bonds. The molecule has 1 aromatic heterocycles. The Morgan fingerprint density at radius 3 is 2.88 bits per heavy atom. The van der Waals surface area contributed by atoms with Crippen molar-refractivity contribution in [1.82, 2.24) is 30.3 Å². The summed E-state index contributed by atoms with van der Waals surface area (Å²) in [6.45, 7) is 2.11. The minimum Gasteiger partial charge on any atom is -0.354 e. The van der Waals surface area contributed by atoms with Crippen LogP contribution in [0.4, 0.5) is 0 Å². The fraction of sp³-hybridized carbons (Fsp3) is 0.765. The standard InChI is InChI=1S/C17H26N6O3/c1-22-13(20-21-17(22)26)5-6-19-16(25)15-11-7-10(8-18-9-11)12-3-2-4-14(24)23(12)15/h10-12,15,18H,2-9H2,1H3,(H,19,25)(H,21,26)/t10-,11+,12+,15-/m1/s1. The first-order valence-corrected chi connectivity index (χ1v) is 9.46. The highest BCUT2D eigenvalue weighted by Gasteiger charge is 2.50. The molecule has 3 aliphatic heterocycles. The third-order valence-electron chi connectivity index (χ3n) is 6.13. The number of hydrogen-bond acceptors (Lipinski definition) is 5. The zero-order valence-electron chi connectivity index (χ0n) is 15.0. The molecule has 0 spiro atoms. The van der Waals surface area contributed by atoms with Crippen LogP contribution < -0.4 is 16.3 Å². The first-order valence-electron chi connectivity index (χ1n) is 9.46. The number of hydrogen-bond donors (Lipinski definition) is 3. The molecular weight excluding hydrogens is 336 g/mol. The number of carbonyl (C=O) groups is 2. The van der Waals surface area contributed by atoms with E-state index in [2.05, 4.69) is 20.8 Å². The van der Waals surface area contributed by atoms with Crippen molar-refractivity contribution in [2.75, 3.05) is 19.6 Å². The van der Waals surface area contributed by atoms with Crippen molar-refractivity contribution in [2.45, 2.75) is 44.2 Å². The van der Waals surface area contributed by atoms with Crippen LogP contribution in [0.1, 0.15) is 31.5 Å². The first-order chi connectivity index (χ1) is 12.6. The Morgan fingerprint density at radius 1 is 1.31 bits per heavy atom. The van der Waals surface area contributed by atoms with E-state index in [0.717, 1.165) is 32.4 Å². The van der Waals surface area contributed by atoms with E-state index >= 15 is 0 Å². The van der Waals surface area contributed by atoms with Gasteiger partial charge in [-0.15, -0.1) is 0 Å². The van der Waals surface area contributed by atoms with E-state index in [0.29, 0.717) is 31.1 Å². The summed E-state index contributed by atoms with van der Waals surface area (Å²) in [7, 11) is 1.65. The first kappa shape index (κ1) is 17.3. The molecule has 3 aliphatic rings. The lowest BCUT2D eigenvalue weighted by Crippen LogP contribution is -2.68. The molecule has 9 heteroatoms. The van der Waals surface area contributed by atoms with Crippen LogP contribution >= 0.6 is 0 Å². The molecule has 3 N–H and O–H groups in total. The number of rotatable bonds is 4.